The van der Waals surface area contributed by atoms with Crippen molar-refractivity contribution in [3.05, 3.63) is 65.5 Å². The predicted octanol–water partition coefficient (Wildman–Crippen LogP) is 8.30. The number of carboxylic acids is 1. The fourth-order valence-corrected chi connectivity index (χ4v) is 4.65. The van der Waals surface area contributed by atoms with Gasteiger partial charge in [-0.2, -0.15) is 13.2 Å². The Morgan fingerprint density at radius 3 is 2.10 bits per heavy atom. The zero-order valence-electron chi connectivity index (χ0n) is 23.1. The van der Waals surface area contributed by atoms with Crippen molar-refractivity contribution >= 4 is 29.3 Å². The lowest BCUT2D eigenvalue weighted by molar-refractivity contribution is -0.139. The fraction of sp³-hybridized carbons (Fsp3) is 0.414. The molecule has 0 saturated heterocycles. The zero-order chi connectivity index (χ0) is 29.4. The lowest BCUT2D eigenvalue weighted by atomic mass is 10.2. The molecule has 3 aromatic rings. The Morgan fingerprint density at radius 2 is 1.59 bits per heavy atom. The standard InChI is InChI=1S/C27H30F3N3O3S.C2H6/c1-5-6-7-16-33-17(2)22(24(34)31-20-12-10-19(11-13-20)27(28,29)30)32-23(33)18-8-14-21(15-9-18)37-26(3,4)25(35)36;1-2/h8-15H,5-7,16H2,1-4H3,(H,31,34)(H,35,36);1-2H3. The van der Waals surface area contributed by atoms with Crippen LogP contribution in [0.15, 0.2) is 53.4 Å². The number of hydrogen-bond acceptors (Lipinski definition) is 4. The first-order chi connectivity index (χ1) is 18.3. The highest BCUT2D eigenvalue weighted by molar-refractivity contribution is 8.01. The van der Waals surface area contributed by atoms with E-state index in [2.05, 4.69) is 17.2 Å². The van der Waals surface area contributed by atoms with Crippen LogP contribution in [0.3, 0.4) is 0 Å². The Labute approximate surface area is 232 Å². The molecule has 2 N–H and O–H groups in total. The van der Waals surface area contributed by atoms with Gasteiger partial charge in [-0.1, -0.05) is 45.7 Å². The number of nitrogens with one attached hydrogen (secondary N) is 1. The number of carbonyl (C=O) groups is 2. The van der Waals surface area contributed by atoms with Gasteiger partial charge in [0.1, 0.15) is 16.3 Å². The molecule has 0 spiro atoms. The average molecular weight is 564 g/mol. The van der Waals surface area contributed by atoms with Crippen molar-refractivity contribution in [1.82, 2.24) is 9.55 Å². The summed E-state index contributed by atoms with van der Waals surface area (Å²) in [5.74, 6) is -0.823. The van der Waals surface area contributed by atoms with Gasteiger partial charge in [-0.3, -0.25) is 9.59 Å². The summed E-state index contributed by atoms with van der Waals surface area (Å²) in [6.45, 7) is 11.8. The Bertz CT molecular complexity index is 1250. The number of aliphatic carboxylic acids is 1. The maximum absolute atomic E-state index is 13.1. The number of carboxylic acid groups (broad SMARTS) is 1. The van der Waals surface area contributed by atoms with Gasteiger partial charge in [0.15, 0.2) is 0 Å². The lowest BCUT2D eigenvalue weighted by Crippen LogP contribution is -2.26. The van der Waals surface area contributed by atoms with E-state index >= 15 is 0 Å². The quantitative estimate of drug-likeness (QED) is 0.191. The first kappa shape index (κ1) is 31.9. The Balaban J connectivity index is 0.00000260. The SMILES string of the molecule is CC.CCCCCn1c(-c2ccc(SC(C)(C)C(=O)O)cc2)nc(C(=O)Nc2ccc(C(F)(F)F)cc2)c1C. The van der Waals surface area contributed by atoms with Crippen LogP contribution in [0.4, 0.5) is 18.9 Å². The van der Waals surface area contributed by atoms with E-state index in [1.54, 1.807) is 20.8 Å². The van der Waals surface area contributed by atoms with E-state index < -0.39 is 28.4 Å². The fourth-order valence-electron chi connectivity index (χ4n) is 3.71. The average Bonchev–Trinajstić information content (AvgIpc) is 3.21. The number of amides is 1. The number of imidazole rings is 1. The second-order valence-electron chi connectivity index (χ2n) is 9.20. The highest BCUT2D eigenvalue weighted by Gasteiger charge is 2.30. The molecule has 0 aliphatic heterocycles. The highest BCUT2D eigenvalue weighted by Crippen LogP contribution is 2.34. The molecular weight excluding hydrogens is 527 g/mol. The number of thioether (sulfide) groups is 1. The first-order valence-corrected chi connectivity index (χ1v) is 13.7. The smallest absolute Gasteiger partial charge is 0.416 e. The van der Waals surface area contributed by atoms with Gasteiger partial charge in [-0.25, -0.2) is 4.98 Å². The van der Waals surface area contributed by atoms with Gasteiger partial charge >= 0.3 is 12.1 Å². The van der Waals surface area contributed by atoms with Gasteiger partial charge in [0.2, 0.25) is 0 Å². The summed E-state index contributed by atoms with van der Waals surface area (Å²) in [6, 6.07) is 11.6. The van der Waals surface area contributed by atoms with Crippen LogP contribution in [0.1, 0.15) is 75.6 Å². The predicted molar refractivity (Wildman–Crippen MR) is 150 cm³/mol. The normalized spacial score (nSPS) is 11.5. The number of hydrogen-bond donors (Lipinski definition) is 2. The minimum Gasteiger partial charge on any atom is -0.480 e. The summed E-state index contributed by atoms with van der Waals surface area (Å²) < 4.78 is 39.5. The zero-order valence-corrected chi connectivity index (χ0v) is 24.0. The number of benzene rings is 2. The third-order valence-electron chi connectivity index (χ3n) is 5.89. The number of anilines is 1. The van der Waals surface area contributed by atoms with Crippen molar-refractivity contribution in [2.75, 3.05) is 5.32 Å². The van der Waals surface area contributed by atoms with Crippen molar-refractivity contribution in [2.24, 2.45) is 0 Å². The van der Waals surface area contributed by atoms with Crippen LogP contribution in [0.25, 0.3) is 11.4 Å². The molecule has 0 aliphatic carbocycles. The van der Waals surface area contributed by atoms with Gasteiger partial charge in [0.25, 0.3) is 5.91 Å². The van der Waals surface area contributed by atoms with E-state index in [0.717, 1.165) is 41.9 Å². The molecule has 0 aliphatic rings. The number of alkyl halides is 3. The Morgan fingerprint density at radius 1 is 1.00 bits per heavy atom. The molecule has 1 heterocycles. The summed E-state index contributed by atoms with van der Waals surface area (Å²) >= 11 is 1.23. The molecule has 3 rings (SSSR count). The molecule has 0 bridgehead atoms. The molecule has 0 atom stereocenters. The van der Waals surface area contributed by atoms with Gasteiger partial charge in [-0.15, -0.1) is 11.8 Å². The Kier molecular flexibility index (Phi) is 11.2. The largest absolute Gasteiger partial charge is 0.480 e. The number of aromatic nitrogens is 2. The van der Waals surface area contributed by atoms with E-state index in [-0.39, 0.29) is 11.4 Å². The second-order valence-corrected chi connectivity index (χ2v) is 10.9. The molecule has 0 radical (unpaired) electrons. The molecule has 6 nitrogen and oxygen atoms in total. The number of unbranched alkanes of at least 4 members (excludes halogenated alkanes) is 2. The van der Waals surface area contributed by atoms with E-state index in [1.807, 2.05) is 42.7 Å². The summed E-state index contributed by atoms with van der Waals surface area (Å²) in [6.07, 6.45) is -1.54. The van der Waals surface area contributed by atoms with E-state index in [1.165, 1.54) is 23.9 Å². The van der Waals surface area contributed by atoms with Crippen LogP contribution in [-0.2, 0) is 17.5 Å². The maximum atomic E-state index is 13.1. The molecule has 39 heavy (non-hydrogen) atoms. The highest BCUT2D eigenvalue weighted by atomic mass is 32.2. The third-order valence-corrected chi connectivity index (χ3v) is 7.08. The molecule has 212 valence electrons. The Hall–Kier alpha value is -3.27. The lowest BCUT2D eigenvalue weighted by Gasteiger charge is -2.18. The van der Waals surface area contributed by atoms with Crippen molar-refractivity contribution < 1.29 is 27.9 Å². The van der Waals surface area contributed by atoms with Crippen molar-refractivity contribution in [3.63, 3.8) is 0 Å². The van der Waals surface area contributed by atoms with Crippen molar-refractivity contribution in [2.45, 2.75) is 83.2 Å². The number of nitrogens with zero attached hydrogens (tertiary/aromatic N) is 2. The van der Waals surface area contributed by atoms with E-state index in [9.17, 15) is 27.9 Å². The van der Waals surface area contributed by atoms with Crippen LogP contribution < -0.4 is 5.32 Å². The topological polar surface area (TPSA) is 84.2 Å². The van der Waals surface area contributed by atoms with Crippen LogP contribution in [0.5, 0.6) is 0 Å². The molecule has 0 saturated carbocycles. The van der Waals surface area contributed by atoms with Gasteiger partial charge in [0, 0.05) is 28.4 Å². The number of rotatable bonds is 10. The van der Waals surface area contributed by atoms with Gasteiger partial charge in [-0.05, 0) is 63.6 Å². The molecule has 0 unspecified atom stereocenters. The van der Waals surface area contributed by atoms with Crippen LogP contribution in [0, 0.1) is 6.92 Å². The van der Waals surface area contributed by atoms with Crippen molar-refractivity contribution in [3.8, 4) is 11.4 Å². The van der Waals surface area contributed by atoms with Crippen LogP contribution in [0.2, 0.25) is 0 Å². The maximum Gasteiger partial charge on any atom is 0.416 e. The molecule has 1 aromatic heterocycles. The summed E-state index contributed by atoms with van der Waals surface area (Å²) in [5, 5.41) is 12.0. The third kappa shape index (κ3) is 8.36. The van der Waals surface area contributed by atoms with Gasteiger partial charge < -0.3 is 15.0 Å². The molecule has 10 heteroatoms. The summed E-state index contributed by atoms with van der Waals surface area (Å²) in [7, 11) is 0. The molecule has 1 amide bonds. The minimum atomic E-state index is -4.46. The van der Waals surface area contributed by atoms with Crippen LogP contribution in [-0.4, -0.2) is 31.3 Å². The van der Waals surface area contributed by atoms with Crippen molar-refractivity contribution in [1.29, 1.82) is 0 Å². The molecular formula is C29H36F3N3O3S. The molecule has 2 aromatic carbocycles. The number of carbonyl (C=O) groups excluding carboxylic acids is 1. The number of halogens is 3. The second kappa shape index (κ2) is 13.7. The van der Waals surface area contributed by atoms with Gasteiger partial charge in [0.05, 0.1) is 5.56 Å². The van der Waals surface area contributed by atoms with Crippen LogP contribution >= 0.6 is 11.8 Å². The summed E-state index contributed by atoms with van der Waals surface area (Å²) in [5.41, 5.74) is 1.06. The first-order valence-electron chi connectivity index (χ1n) is 12.9. The summed E-state index contributed by atoms with van der Waals surface area (Å²) in [4.78, 5) is 29.9. The monoisotopic (exact) mass is 563 g/mol. The molecule has 0 fully saturated rings. The van der Waals surface area contributed by atoms with E-state index in [4.69, 9.17) is 0 Å². The minimum absolute atomic E-state index is 0.192. The van der Waals surface area contributed by atoms with E-state index in [0.29, 0.717) is 18.1 Å².